The minimum Gasteiger partial charge on any atom is -0.317 e. The Kier molecular flexibility index (Phi) is 4.95. The van der Waals surface area contributed by atoms with Gasteiger partial charge in [0.15, 0.2) is 0 Å². The highest BCUT2D eigenvalue weighted by Gasteiger charge is 2.22. The number of hydrogen-bond donors (Lipinski definition) is 1. The summed E-state index contributed by atoms with van der Waals surface area (Å²) in [5.41, 5.74) is 2.58. The van der Waals surface area contributed by atoms with E-state index in [2.05, 4.69) is 55.7 Å². The fourth-order valence-corrected chi connectivity index (χ4v) is 3.61. The van der Waals surface area contributed by atoms with Crippen molar-refractivity contribution >= 4 is 11.3 Å². The van der Waals surface area contributed by atoms with Crippen LogP contribution in [0.1, 0.15) is 32.2 Å². The van der Waals surface area contributed by atoms with Gasteiger partial charge in [-0.2, -0.15) is 0 Å². The third kappa shape index (κ3) is 4.15. The third-order valence-electron chi connectivity index (χ3n) is 3.60. The molecule has 108 valence electrons. The van der Waals surface area contributed by atoms with E-state index in [4.69, 9.17) is 4.98 Å². The van der Waals surface area contributed by atoms with E-state index in [0.717, 1.165) is 18.5 Å². The van der Waals surface area contributed by atoms with Gasteiger partial charge in [-0.15, -0.1) is 11.3 Å². The first-order valence-electron chi connectivity index (χ1n) is 7.17. The summed E-state index contributed by atoms with van der Waals surface area (Å²) >= 11 is 1.77. The normalized spacial score (nSPS) is 13.4. The maximum Gasteiger partial charge on any atom is 0.0937 e. The number of nitrogens with one attached hydrogen (secondary N) is 1. The van der Waals surface area contributed by atoms with Gasteiger partial charge in [-0.25, -0.2) is 4.98 Å². The SMILES string of the molecule is CNC(C)CC(C)(C)Cc1nc(-c2ccccc2)cs1. The second-order valence-electron chi connectivity index (χ2n) is 6.23. The molecule has 0 spiro atoms. The van der Waals surface area contributed by atoms with Crippen LogP contribution >= 0.6 is 11.3 Å². The number of aromatic nitrogens is 1. The van der Waals surface area contributed by atoms with Gasteiger partial charge < -0.3 is 5.32 Å². The Morgan fingerprint density at radius 1 is 1.25 bits per heavy atom. The number of hydrogen-bond acceptors (Lipinski definition) is 3. The van der Waals surface area contributed by atoms with Crippen molar-refractivity contribution < 1.29 is 0 Å². The molecule has 0 aliphatic heterocycles. The van der Waals surface area contributed by atoms with Crippen LogP contribution in [0, 0.1) is 5.41 Å². The van der Waals surface area contributed by atoms with E-state index in [0.29, 0.717) is 6.04 Å². The molecule has 2 aromatic rings. The van der Waals surface area contributed by atoms with Gasteiger partial charge in [-0.3, -0.25) is 0 Å². The molecule has 0 aliphatic carbocycles. The molecule has 0 fully saturated rings. The third-order valence-corrected chi connectivity index (χ3v) is 4.45. The molecule has 1 aromatic heterocycles. The highest BCUT2D eigenvalue weighted by molar-refractivity contribution is 7.09. The summed E-state index contributed by atoms with van der Waals surface area (Å²) in [5, 5.41) is 6.72. The minimum absolute atomic E-state index is 0.272. The van der Waals surface area contributed by atoms with Gasteiger partial charge >= 0.3 is 0 Å². The summed E-state index contributed by atoms with van der Waals surface area (Å²) in [7, 11) is 2.03. The van der Waals surface area contributed by atoms with Crippen LogP contribution in [0.25, 0.3) is 11.3 Å². The predicted molar refractivity (Wildman–Crippen MR) is 88.2 cm³/mol. The van der Waals surface area contributed by atoms with Crippen LogP contribution < -0.4 is 5.32 Å². The molecule has 0 amide bonds. The zero-order chi connectivity index (χ0) is 14.6. The largest absolute Gasteiger partial charge is 0.317 e. The lowest BCUT2D eigenvalue weighted by atomic mass is 9.83. The second-order valence-corrected chi connectivity index (χ2v) is 7.17. The standard InChI is InChI=1S/C17H24N2S/c1-13(18-4)10-17(2,3)11-16-19-15(12-20-16)14-8-6-5-7-9-14/h5-9,12-13,18H,10-11H2,1-4H3. The van der Waals surface area contributed by atoms with Crippen LogP contribution in [-0.2, 0) is 6.42 Å². The molecule has 2 rings (SSSR count). The highest BCUT2D eigenvalue weighted by atomic mass is 32.1. The van der Waals surface area contributed by atoms with Gasteiger partial charge in [0.25, 0.3) is 0 Å². The van der Waals surface area contributed by atoms with Gasteiger partial charge in [0, 0.05) is 23.4 Å². The lowest BCUT2D eigenvalue weighted by Crippen LogP contribution is -2.29. The molecule has 1 N–H and O–H groups in total. The van der Waals surface area contributed by atoms with Crippen LogP contribution in [0.2, 0.25) is 0 Å². The Hall–Kier alpha value is -1.19. The van der Waals surface area contributed by atoms with Crippen molar-refractivity contribution in [2.75, 3.05) is 7.05 Å². The lowest BCUT2D eigenvalue weighted by molar-refractivity contribution is 0.293. The number of rotatable bonds is 6. The van der Waals surface area contributed by atoms with Crippen molar-refractivity contribution in [2.24, 2.45) is 5.41 Å². The van der Waals surface area contributed by atoms with E-state index in [1.54, 1.807) is 11.3 Å². The summed E-state index contributed by atoms with van der Waals surface area (Å²) in [4.78, 5) is 4.80. The van der Waals surface area contributed by atoms with Gasteiger partial charge in [0.05, 0.1) is 10.7 Å². The number of nitrogens with zero attached hydrogens (tertiary/aromatic N) is 1. The molecular weight excluding hydrogens is 264 g/mol. The first-order chi connectivity index (χ1) is 9.50. The van der Waals surface area contributed by atoms with Gasteiger partial charge in [-0.1, -0.05) is 44.2 Å². The Balaban J connectivity index is 2.06. The molecule has 20 heavy (non-hydrogen) atoms. The average Bonchev–Trinajstić information content (AvgIpc) is 2.86. The van der Waals surface area contributed by atoms with Crippen LogP contribution in [0.4, 0.5) is 0 Å². The van der Waals surface area contributed by atoms with Crippen molar-refractivity contribution in [3.63, 3.8) is 0 Å². The van der Waals surface area contributed by atoms with Crippen molar-refractivity contribution in [1.29, 1.82) is 0 Å². The van der Waals surface area contributed by atoms with Crippen LogP contribution in [0.3, 0.4) is 0 Å². The van der Waals surface area contributed by atoms with Gasteiger partial charge in [0.1, 0.15) is 0 Å². The molecule has 0 aliphatic rings. The molecule has 2 nitrogen and oxygen atoms in total. The van der Waals surface area contributed by atoms with E-state index in [1.165, 1.54) is 10.6 Å². The molecule has 0 saturated heterocycles. The Morgan fingerprint density at radius 2 is 1.95 bits per heavy atom. The lowest BCUT2D eigenvalue weighted by Gasteiger charge is -2.27. The first-order valence-corrected chi connectivity index (χ1v) is 8.05. The molecule has 1 unspecified atom stereocenters. The molecular formula is C17H24N2S. The maximum atomic E-state index is 4.80. The van der Waals surface area contributed by atoms with Crippen LogP contribution in [0.15, 0.2) is 35.7 Å². The summed E-state index contributed by atoms with van der Waals surface area (Å²) < 4.78 is 0. The quantitative estimate of drug-likeness (QED) is 0.853. The predicted octanol–water partition coefficient (Wildman–Crippen LogP) is 4.38. The van der Waals surface area contributed by atoms with E-state index >= 15 is 0 Å². The smallest absolute Gasteiger partial charge is 0.0937 e. The van der Waals surface area contributed by atoms with Crippen molar-refractivity contribution in [3.05, 3.63) is 40.7 Å². The van der Waals surface area contributed by atoms with Crippen molar-refractivity contribution in [3.8, 4) is 11.3 Å². The highest BCUT2D eigenvalue weighted by Crippen LogP contribution is 2.30. The molecule has 0 radical (unpaired) electrons. The summed E-state index contributed by atoms with van der Waals surface area (Å²) in [6.07, 6.45) is 2.19. The van der Waals surface area contributed by atoms with E-state index in [-0.39, 0.29) is 5.41 Å². The molecule has 1 aromatic carbocycles. The molecule has 1 atom stereocenters. The second kappa shape index (κ2) is 6.51. The molecule has 0 bridgehead atoms. The summed E-state index contributed by atoms with van der Waals surface area (Å²) in [5.74, 6) is 0. The Bertz CT molecular complexity index is 531. The fourth-order valence-electron chi connectivity index (χ4n) is 2.55. The fraction of sp³-hybridized carbons (Fsp3) is 0.471. The monoisotopic (exact) mass is 288 g/mol. The maximum absolute atomic E-state index is 4.80. The van der Waals surface area contributed by atoms with E-state index < -0.39 is 0 Å². The number of thiazole rings is 1. The van der Waals surface area contributed by atoms with Gasteiger partial charge in [-0.05, 0) is 25.8 Å². The summed E-state index contributed by atoms with van der Waals surface area (Å²) in [6, 6.07) is 10.9. The molecule has 1 heterocycles. The molecule has 0 saturated carbocycles. The van der Waals surface area contributed by atoms with Crippen LogP contribution in [-0.4, -0.2) is 18.1 Å². The summed E-state index contributed by atoms with van der Waals surface area (Å²) in [6.45, 7) is 6.88. The van der Waals surface area contributed by atoms with Crippen LogP contribution in [0.5, 0.6) is 0 Å². The molecule has 3 heteroatoms. The average molecular weight is 288 g/mol. The van der Waals surface area contributed by atoms with E-state index in [9.17, 15) is 0 Å². The van der Waals surface area contributed by atoms with Crippen molar-refractivity contribution in [2.45, 2.75) is 39.7 Å². The number of benzene rings is 1. The first kappa shape index (κ1) is 15.2. The van der Waals surface area contributed by atoms with Crippen molar-refractivity contribution in [1.82, 2.24) is 10.3 Å². The zero-order valence-corrected chi connectivity index (χ0v) is 13.6. The Labute approximate surface area is 126 Å². The van der Waals surface area contributed by atoms with Gasteiger partial charge in [0.2, 0.25) is 0 Å². The Morgan fingerprint density at radius 3 is 2.60 bits per heavy atom. The topological polar surface area (TPSA) is 24.9 Å². The minimum atomic E-state index is 0.272. The van der Waals surface area contributed by atoms with E-state index in [1.807, 2.05) is 13.1 Å². The zero-order valence-electron chi connectivity index (χ0n) is 12.8.